The van der Waals surface area contributed by atoms with E-state index in [-0.39, 0.29) is 36.4 Å². The first-order chi connectivity index (χ1) is 47.6. The topological polar surface area (TPSA) is 482 Å². The summed E-state index contributed by atoms with van der Waals surface area (Å²) in [5, 5.41) is 156. The summed E-state index contributed by atoms with van der Waals surface area (Å²) in [6.07, 6.45) is -42.2. The normalized spacial score (nSPS) is 50.9. The number of Topliss-reactive ketones (excluding diaryl/α,β-unsaturated/α-hetero) is 1. The van der Waals surface area contributed by atoms with E-state index >= 15 is 0 Å². The van der Waals surface area contributed by atoms with Crippen LogP contribution in [0.5, 0.6) is 0 Å². The van der Waals surface area contributed by atoms with Crippen LogP contribution in [0.15, 0.2) is 11.6 Å². The van der Waals surface area contributed by atoms with Crippen molar-refractivity contribution in [3.05, 3.63) is 11.6 Å². The Labute approximate surface area is 585 Å². The quantitative estimate of drug-likeness (QED) is 0.0367. The zero-order valence-electron chi connectivity index (χ0n) is 58.9. The Balaban J connectivity index is 0.833. The van der Waals surface area contributed by atoms with Gasteiger partial charge in [-0.05, 0) is 81.0 Å². The van der Waals surface area contributed by atoms with Crippen LogP contribution in [-0.2, 0) is 90.2 Å². The van der Waals surface area contributed by atoms with Gasteiger partial charge in [-0.2, -0.15) is 0 Å². The molecule has 33 heteroatoms. The van der Waals surface area contributed by atoms with Gasteiger partial charge in [0.15, 0.2) is 37.7 Å². The van der Waals surface area contributed by atoms with Crippen molar-refractivity contribution in [2.24, 2.45) is 45.3 Å². The minimum Gasteiger partial charge on any atom is -0.462 e. The van der Waals surface area contributed by atoms with Crippen LogP contribution in [0.25, 0.3) is 0 Å². The summed E-state index contributed by atoms with van der Waals surface area (Å²) in [6.45, 7) is 13.6. The summed E-state index contributed by atoms with van der Waals surface area (Å²) in [5.74, 6) is -1.74. The highest BCUT2D eigenvalue weighted by molar-refractivity contribution is 5.99. The molecule has 7 aliphatic heterocycles. The number of hydrogen-bond acceptors (Lipinski definition) is 33. The molecule has 7 saturated heterocycles. The van der Waals surface area contributed by atoms with Gasteiger partial charge in [0.25, 0.3) is 0 Å². The van der Waals surface area contributed by atoms with E-state index in [2.05, 4.69) is 26.8 Å². The first-order valence-electron chi connectivity index (χ1n) is 35.4. The molecule has 37 atom stereocenters. The zero-order valence-corrected chi connectivity index (χ0v) is 58.9. The van der Waals surface area contributed by atoms with Crippen LogP contribution in [0.4, 0.5) is 0 Å². The average molecular weight is 1450 g/mol. The fraction of sp³-hybridized carbons (Fsp3) is 0.926. The molecule has 10 fully saturated rings. The molecule has 0 aromatic heterocycles. The molecule has 3 saturated carbocycles. The molecular weight excluding hydrogens is 1340 g/mol. The highest BCUT2D eigenvalue weighted by Crippen LogP contribution is 2.76. The van der Waals surface area contributed by atoms with Crippen molar-refractivity contribution in [1.82, 2.24) is 0 Å². The second-order valence-corrected chi connectivity index (χ2v) is 31.4. The number of methoxy groups -OCH3 is 2. The number of hydrogen-bond donors (Lipinski definition) is 14. The lowest BCUT2D eigenvalue weighted by Crippen LogP contribution is -2.67. The van der Waals surface area contributed by atoms with E-state index in [0.29, 0.717) is 38.5 Å². The number of esters is 2. The first kappa shape index (κ1) is 79.3. The summed E-state index contributed by atoms with van der Waals surface area (Å²) in [7, 11) is 2.38. The molecular formula is C68H108O33. The third-order valence-corrected chi connectivity index (χ3v) is 24.4. The number of cyclic esters (lactones) is 1. The van der Waals surface area contributed by atoms with E-state index in [1.807, 2.05) is 20.8 Å². The van der Waals surface area contributed by atoms with Crippen molar-refractivity contribution in [3.8, 4) is 0 Å². The summed E-state index contributed by atoms with van der Waals surface area (Å²) < 4.78 is 95.8. The molecule has 101 heavy (non-hydrogen) atoms. The van der Waals surface area contributed by atoms with Crippen LogP contribution in [0.1, 0.15) is 114 Å². The predicted molar refractivity (Wildman–Crippen MR) is 336 cm³/mol. The van der Waals surface area contributed by atoms with Crippen molar-refractivity contribution < 1.29 is 162 Å². The van der Waals surface area contributed by atoms with Crippen LogP contribution in [0, 0.1) is 45.3 Å². The van der Waals surface area contributed by atoms with Crippen LogP contribution in [0.2, 0.25) is 0 Å². The average Bonchev–Trinajstić information content (AvgIpc) is 1.49. The molecule has 0 aromatic carbocycles. The molecule has 11 rings (SSSR count). The maximum atomic E-state index is 14.8. The maximum Gasteiger partial charge on any atom is 0.314 e. The molecule has 33 nitrogen and oxygen atoms in total. The number of ketones is 1. The SMILES string of the molecule is CO[C@@H]1[C@@H](O)[C@H](O[C@@H]2[C@@H](O)[C@H](O[C@@H]3CO[C@@H](O[C@H]4CC[C@]5(C)[C@@H]6CC[C@]78C(=O)O[C@@](C)(C[C@H](CC(C)C)OC(C)=O)[C@H]7C(=O)C[C@@]8(C)C6=CC[C@H]5C4(C)C)[C@H](O[C@@H]4O[C@H](C)[C@@H](O[C@@H]5OC[C@@H](O)[C@H](O[C@@H]6O[C@H](CO)[C@@H](O)[C@H](OC)[C@H]6O)[C@H]5O)[C@H](O)[C@H]4O)[C@H]3O)O[C@H](CO)[C@H]2O)O[C@H](CO)[C@H]1O. The van der Waals surface area contributed by atoms with Gasteiger partial charge in [-0.3, -0.25) is 14.4 Å². The molecule has 11 aliphatic rings. The zero-order chi connectivity index (χ0) is 73.7. The third-order valence-electron chi connectivity index (χ3n) is 24.4. The lowest BCUT2D eigenvalue weighted by Gasteiger charge is -2.63. The number of ether oxygens (including phenoxy) is 16. The summed E-state index contributed by atoms with van der Waals surface area (Å²) >= 11 is 0. The van der Waals surface area contributed by atoms with Crippen molar-refractivity contribution in [2.45, 2.75) is 304 Å². The van der Waals surface area contributed by atoms with E-state index in [1.165, 1.54) is 28.1 Å². The van der Waals surface area contributed by atoms with E-state index in [4.69, 9.17) is 75.8 Å². The first-order valence-corrected chi connectivity index (χ1v) is 35.4. The van der Waals surface area contributed by atoms with Crippen molar-refractivity contribution in [3.63, 3.8) is 0 Å². The number of aliphatic hydroxyl groups is 14. The molecule has 0 aromatic rings. The Bertz CT molecular complexity index is 2890. The number of fused-ring (bicyclic) bond motifs is 4. The van der Waals surface area contributed by atoms with Gasteiger partial charge in [0.1, 0.15) is 146 Å². The molecule has 0 amide bonds. The number of carbonyl (C=O) groups is 3. The highest BCUT2D eigenvalue weighted by Gasteiger charge is 2.79. The minimum absolute atomic E-state index is 0.0616. The smallest absolute Gasteiger partial charge is 0.314 e. The van der Waals surface area contributed by atoms with Gasteiger partial charge in [-0.15, -0.1) is 0 Å². The van der Waals surface area contributed by atoms with Gasteiger partial charge in [-0.25, -0.2) is 0 Å². The van der Waals surface area contributed by atoms with Crippen molar-refractivity contribution in [2.75, 3.05) is 47.3 Å². The molecule has 0 bridgehead atoms. The van der Waals surface area contributed by atoms with E-state index < -0.39 is 262 Å². The highest BCUT2D eigenvalue weighted by atomic mass is 16.8. The lowest BCUT2D eigenvalue weighted by atomic mass is 9.41. The largest absolute Gasteiger partial charge is 0.462 e. The second-order valence-electron chi connectivity index (χ2n) is 31.4. The second kappa shape index (κ2) is 30.7. The van der Waals surface area contributed by atoms with Crippen LogP contribution in [0.3, 0.4) is 0 Å². The Kier molecular flexibility index (Phi) is 24.1. The molecule has 0 radical (unpaired) electrons. The van der Waals surface area contributed by atoms with Gasteiger partial charge in [0.05, 0.1) is 56.6 Å². The number of aliphatic hydroxyl groups excluding tert-OH is 14. The Hall–Kier alpha value is -2.77. The summed E-state index contributed by atoms with van der Waals surface area (Å²) in [5.41, 5.74) is -3.35. The van der Waals surface area contributed by atoms with Crippen LogP contribution in [-0.4, -0.2) is 326 Å². The van der Waals surface area contributed by atoms with E-state index in [0.717, 1.165) is 5.57 Å². The summed E-state index contributed by atoms with van der Waals surface area (Å²) in [4.78, 5) is 41.9. The fourth-order valence-corrected chi connectivity index (χ4v) is 19.4. The standard InChI is InChI=1S/C68H108O33/c1-26(2)18-29(91-28(4)72)19-67(9)56-32(73)20-66(8)31-12-13-38-64(5,6)39(15-16-65(38,7)30(31)14-17-68(56,66)63(85)101-67)96-62-55(43(78)37(25-89-62)95-59-49(84)54(42(77)36(23-71)92-59)99-61-48(83)53(87-11)41(76)35(22-70)94-61)100-58-45(80)44(79)50(27(3)90-58)97-57-46(81)51(33(74)24-88-57)98-60-47(82)52(86-10)40(75)34(21-69)93-60/h12,26-27,29-30,33-62,69-71,74-84H,13-25H2,1-11H3/t27-,29+,30-,33-,34-,35-,36-,37-,38+,39+,40-,41-,42-,43+,44-,45-,46-,47-,48-,49-,50-,51+,52+,53+,54+,55-,56-,57+,58+,59+,60+,61+,62+,65-,66+,67+,68-/m1/s1. The van der Waals surface area contributed by atoms with Crippen LogP contribution >= 0.6 is 0 Å². The van der Waals surface area contributed by atoms with Gasteiger partial charge >= 0.3 is 11.9 Å². The van der Waals surface area contributed by atoms with Gasteiger partial charge in [0, 0.05) is 39.4 Å². The van der Waals surface area contributed by atoms with E-state index in [9.17, 15) is 85.9 Å². The number of carbonyl (C=O) groups excluding carboxylic acids is 3. The summed E-state index contributed by atoms with van der Waals surface area (Å²) in [6, 6.07) is 0. The minimum atomic E-state index is -2.04. The molecule has 0 unspecified atom stereocenters. The lowest BCUT2D eigenvalue weighted by molar-refractivity contribution is -0.394. The molecule has 14 N–H and O–H groups in total. The van der Waals surface area contributed by atoms with Gasteiger partial charge < -0.3 is 147 Å². The maximum absolute atomic E-state index is 14.8. The van der Waals surface area contributed by atoms with Gasteiger partial charge in [-0.1, -0.05) is 53.2 Å². The van der Waals surface area contributed by atoms with Crippen molar-refractivity contribution in [1.29, 1.82) is 0 Å². The third kappa shape index (κ3) is 14.1. The molecule has 7 heterocycles. The number of allylic oxidation sites excluding steroid dienone is 2. The molecule has 1 spiro atoms. The molecule has 4 aliphatic carbocycles. The van der Waals surface area contributed by atoms with Crippen molar-refractivity contribution >= 4 is 17.7 Å². The fourth-order valence-electron chi connectivity index (χ4n) is 19.4. The Morgan fingerprint density at radius 3 is 1.68 bits per heavy atom. The number of rotatable bonds is 22. The predicted octanol–water partition coefficient (Wildman–Crippen LogP) is -3.65. The molecule has 578 valence electrons. The Morgan fingerprint density at radius 2 is 1.11 bits per heavy atom. The van der Waals surface area contributed by atoms with Crippen LogP contribution < -0.4 is 0 Å². The van der Waals surface area contributed by atoms with E-state index in [1.54, 1.807) is 6.92 Å². The monoisotopic (exact) mass is 1450 g/mol. The van der Waals surface area contributed by atoms with Gasteiger partial charge in [0.2, 0.25) is 0 Å². The Morgan fingerprint density at radius 1 is 0.584 bits per heavy atom.